The zero-order valence-corrected chi connectivity index (χ0v) is 17.8. The highest BCUT2D eigenvalue weighted by atomic mass is 15.1. The van der Waals surface area contributed by atoms with Gasteiger partial charge in [0.1, 0.15) is 11.3 Å². The lowest BCUT2D eigenvalue weighted by Crippen LogP contribution is -2.09. The monoisotopic (exact) mass is 419 g/mol. The van der Waals surface area contributed by atoms with Crippen LogP contribution in [0.1, 0.15) is 22.6 Å². The van der Waals surface area contributed by atoms with Gasteiger partial charge in [-0.3, -0.25) is 9.97 Å². The Morgan fingerprint density at radius 1 is 1.00 bits per heavy atom. The van der Waals surface area contributed by atoms with Gasteiger partial charge in [0, 0.05) is 47.5 Å². The number of hydrogen-bond acceptors (Lipinski definition) is 5. The van der Waals surface area contributed by atoms with Crippen molar-refractivity contribution in [1.82, 2.24) is 29.5 Å². The molecule has 0 atom stereocenters. The molecule has 0 unspecified atom stereocenters. The van der Waals surface area contributed by atoms with E-state index in [0.717, 1.165) is 62.7 Å². The number of benzene rings is 1. The van der Waals surface area contributed by atoms with Crippen molar-refractivity contribution in [1.29, 1.82) is 0 Å². The number of H-pyrrole nitrogens is 1. The second-order valence-electron chi connectivity index (χ2n) is 8.01. The molecule has 5 heterocycles. The van der Waals surface area contributed by atoms with Gasteiger partial charge in [0.2, 0.25) is 0 Å². The molecule has 1 aliphatic heterocycles. The largest absolute Gasteiger partial charge is 0.381 e. The molecule has 5 aromatic rings. The highest BCUT2D eigenvalue weighted by Gasteiger charge is 2.19. The first-order valence-electron chi connectivity index (χ1n) is 10.5. The Morgan fingerprint density at radius 2 is 1.94 bits per heavy atom. The minimum atomic E-state index is 0.746. The van der Waals surface area contributed by atoms with Gasteiger partial charge < -0.3 is 14.9 Å². The molecule has 0 radical (unpaired) electrons. The summed E-state index contributed by atoms with van der Waals surface area (Å²) in [6, 6.07) is 8.52. The minimum absolute atomic E-state index is 0.746. The van der Waals surface area contributed by atoms with E-state index in [1.165, 1.54) is 5.56 Å². The van der Waals surface area contributed by atoms with Gasteiger partial charge in [0.05, 0.1) is 35.6 Å². The second-order valence-corrected chi connectivity index (χ2v) is 8.01. The summed E-state index contributed by atoms with van der Waals surface area (Å²) in [4.78, 5) is 21.5. The summed E-state index contributed by atoms with van der Waals surface area (Å²) in [5.41, 5.74) is 10.4. The number of aromatic nitrogens is 6. The van der Waals surface area contributed by atoms with Gasteiger partial charge in [-0.05, 0) is 43.2 Å². The molecule has 0 aliphatic carbocycles. The smallest absolute Gasteiger partial charge is 0.139 e. The van der Waals surface area contributed by atoms with Crippen molar-refractivity contribution < 1.29 is 0 Å². The molecule has 7 heteroatoms. The van der Waals surface area contributed by atoms with E-state index in [1.54, 1.807) is 6.33 Å². The molecule has 0 saturated heterocycles. The van der Waals surface area contributed by atoms with Gasteiger partial charge >= 0.3 is 0 Å². The normalized spacial score (nSPS) is 13.0. The van der Waals surface area contributed by atoms with Crippen LogP contribution in [0.15, 0.2) is 67.7 Å². The van der Waals surface area contributed by atoms with Crippen molar-refractivity contribution in [2.75, 3.05) is 11.9 Å². The highest BCUT2D eigenvalue weighted by molar-refractivity contribution is 5.92. The maximum absolute atomic E-state index is 4.99. The summed E-state index contributed by atoms with van der Waals surface area (Å²) in [5.74, 6) is 0.828. The Kier molecular flexibility index (Phi) is 4.14. The molecule has 0 saturated carbocycles. The minimum Gasteiger partial charge on any atom is -0.381 e. The molecule has 6 rings (SSSR count). The Labute approximate surface area is 184 Å². The number of nitrogens with zero attached hydrogens (tertiary/aromatic N) is 5. The van der Waals surface area contributed by atoms with Gasteiger partial charge in [-0.25, -0.2) is 9.97 Å². The summed E-state index contributed by atoms with van der Waals surface area (Å²) in [5, 5.41) is 3.47. The first-order valence-corrected chi connectivity index (χ1v) is 10.5. The number of imidazole rings is 2. The summed E-state index contributed by atoms with van der Waals surface area (Å²) in [6.45, 7) is 4.83. The van der Waals surface area contributed by atoms with E-state index < -0.39 is 0 Å². The fourth-order valence-electron chi connectivity index (χ4n) is 4.24. The molecular formula is C25H21N7. The van der Waals surface area contributed by atoms with E-state index in [9.17, 15) is 0 Å². The first kappa shape index (κ1) is 18.5. The van der Waals surface area contributed by atoms with E-state index >= 15 is 0 Å². The molecule has 1 aromatic carbocycles. The molecule has 156 valence electrons. The topological polar surface area (TPSA) is 84.3 Å². The van der Waals surface area contributed by atoms with Crippen molar-refractivity contribution >= 4 is 22.3 Å². The van der Waals surface area contributed by atoms with E-state index in [-0.39, 0.29) is 0 Å². The molecule has 7 nitrogen and oxygen atoms in total. The summed E-state index contributed by atoms with van der Waals surface area (Å²) < 4.78 is 1.96. The number of rotatable bonds is 3. The molecule has 0 bridgehead atoms. The van der Waals surface area contributed by atoms with Crippen molar-refractivity contribution in [3.8, 4) is 16.8 Å². The molecule has 4 aromatic heterocycles. The van der Waals surface area contributed by atoms with Crippen molar-refractivity contribution in [3.05, 3.63) is 90.3 Å². The molecule has 0 fully saturated rings. The van der Waals surface area contributed by atoms with Crippen molar-refractivity contribution in [3.63, 3.8) is 0 Å². The van der Waals surface area contributed by atoms with Gasteiger partial charge in [-0.2, -0.15) is 0 Å². The Hall–Kier alpha value is -4.26. The third-order valence-corrected chi connectivity index (χ3v) is 5.88. The SMILES string of the molecule is Cc1cn(-c2cncc3[nH]c(C4=CCNc5ccc(-c6cnccc6C)cc54)nc23)cn1. The van der Waals surface area contributed by atoms with Crippen LogP contribution in [0.5, 0.6) is 0 Å². The average molecular weight is 419 g/mol. The lowest BCUT2D eigenvalue weighted by Gasteiger charge is -2.19. The average Bonchev–Trinajstić information content (AvgIpc) is 3.44. The van der Waals surface area contributed by atoms with Gasteiger partial charge in [0.15, 0.2) is 0 Å². The fourth-order valence-corrected chi connectivity index (χ4v) is 4.24. The summed E-state index contributed by atoms with van der Waals surface area (Å²) in [7, 11) is 0. The zero-order valence-electron chi connectivity index (χ0n) is 17.8. The Morgan fingerprint density at radius 3 is 2.78 bits per heavy atom. The van der Waals surface area contributed by atoms with Gasteiger partial charge in [-0.15, -0.1) is 0 Å². The first-order chi connectivity index (χ1) is 15.7. The number of anilines is 1. The number of hydrogen-bond donors (Lipinski definition) is 2. The van der Waals surface area contributed by atoms with Gasteiger partial charge in [-0.1, -0.05) is 12.1 Å². The molecule has 2 N–H and O–H groups in total. The number of pyridine rings is 2. The lowest BCUT2D eigenvalue weighted by atomic mass is 9.94. The third-order valence-electron chi connectivity index (χ3n) is 5.88. The quantitative estimate of drug-likeness (QED) is 0.444. The highest BCUT2D eigenvalue weighted by Crippen LogP contribution is 2.36. The van der Waals surface area contributed by atoms with Crippen LogP contribution in [0.25, 0.3) is 33.4 Å². The Bertz CT molecular complexity index is 1510. The molecule has 1 aliphatic rings. The maximum atomic E-state index is 4.99. The van der Waals surface area contributed by atoms with E-state index in [4.69, 9.17) is 4.98 Å². The number of fused-ring (bicyclic) bond motifs is 2. The van der Waals surface area contributed by atoms with Crippen LogP contribution in [0.3, 0.4) is 0 Å². The molecule has 0 amide bonds. The van der Waals surface area contributed by atoms with Crippen LogP contribution >= 0.6 is 0 Å². The summed E-state index contributed by atoms with van der Waals surface area (Å²) in [6.07, 6.45) is 13.3. The van der Waals surface area contributed by atoms with E-state index in [1.807, 2.05) is 48.5 Å². The van der Waals surface area contributed by atoms with Crippen molar-refractivity contribution in [2.24, 2.45) is 0 Å². The molecule has 32 heavy (non-hydrogen) atoms. The van der Waals surface area contributed by atoms with E-state index in [2.05, 4.69) is 56.5 Å². The van der Waals surface area contributed by atoms with Crippen LogP contribution < -0.4 is 5.32 Å². The standard InChI is InChI=1S/C25H21N7/c1-15-5-7-26-10-20(15)17-3-4-21-19(9-17)18(6-8-28-21)25-30-22-11-27-12-23(24(22)31-25)32-13-16(2)29-14-32/h3-7,9-14,28H,8H2,1-2H3,(H,30,31). The van der Waals surface area contributed by atoms with E-state index in [0.29, 0.717) is 0 Å². The fraction of sp³-hybridized carbons (Fsp3) is 0.120. The van der Waals surface area contributed by atoms with Crippen LogP contribution in [-0.4, -0.2) is 36.0 Å². The maximum Gasteiger partial charge on any atom is 0.139 e. The predicted octanol–water partition coefficient (Wildman–Crippen LogP) is 4.68. The Balaban J connectivity index is 1.48. The van der Waals surface area contributed by atoms with Crippen LogP contribution in [0, 0.1) is 13.8 Å². The number of aryl methyl sites for hydroxylation is 2. The molecular weight excluding hydrogens is 398 g/mol. The van der Waals surface area contributed by atoms with Crippen LogP contribution in [0.4, 0.5) is 5.69 Å². The summed E-state index contributed by atoms with van der Waals surface area (Å²) >= 11 is 0. The third kappa shape index (κ3) is 2.98. The number of aromatic amines is 1. The second kappa shape index (κ2) is 7.16. The van der Waals surface area contributed by atoms with Crippen LogP contribution in [-0.2, 0) is 0 Å². The molecule has 0 spiro atoms. The number of nitrogens with one attached hydrogen (secondary N) is 2. The predicted molar refractivity (Wildman–Crippen MR) is 126 cm³/mol. The lowest BCUT2D eigenvalue weighted by molar-refractivity contribution is 1.05. The zero-order chi connectivity index (χ0) is 21.7. The van der Waals surface area contributed by atoms with Crippen molar-refractivity contribution in [2.45, 2.75) is 13.8 Å². The van der Waals surface area contributed by atoms with Gasteiger partial charge in [0.25, 0.3) is 0 Å². The van der Waals surface area contributed by atoms with Crippen LogP contribution in [0.2, 0.25) is 0 Å².